The second kappa shape index (κ2) is 8.43. The Morgan fingerprint density at radius 1 is 1.08 bits per heavy atom. The zero-order valence-electron chi connectivity index (χ0n) is 13.4. The molecule has 3 aromatic rings. The Balaban J connectivity index is 1.56. The number of hydrazone groups is 1. The van der Waals surface area contributed by atoms with Crippen molar-refractivity contribution in [2.75, 3.05) is 0 Å². The third kappa shape index (κ3) is 4.79. The lowest BCUT2D eigenvalue weighted by Gasteiger charge is -2.02. The zero-order chi connectivity index (χ0) is 18.4. The van der Waals surface area contributed by atoms with Gasteiger partial charge in [0.05, 0.1) is 12.5 Å². The lowest BCUT2D eigenvalue weighted by atomic mass is 10.2. The van der Waals surface area contributed by atoms with Crippen molar-refractivity contribution in [1.29, 1.82) is 0 Å². The summed E-state index contributed by atoms with van der Waals surface area (Å²) in [4.78, 5) is 23.8. The predicted molar refractivity (Wildman–Crippen MR) is 104 cm³/mol. The van der Waals surface area contributed by atoms with Gasteiger partial charge in [-0.05, 0) is 82.8 Å². The monoisotopic (exact) mass is 460 g/mol. The molecule has 0 fully saturated rings. The number of carbonyl (C=O) groups is 2. The number of hydrogen-bond donors (Lipinski definition) is 1. The van der Waals surface area contributed by atoms with Gasteiger partial charge in [0.2, 0.25) is 5.76 Å². The average Bonchev–Trinajstić information content (AvgIpc) is 3.18. The summed E-state index contributed by atoms with van der Waals surface area (Å²) < 4.78 is 11.1. The van der Waals surface area contributed by atoms with Gasteiger partial charge >= 0.3 is 5.97 Å². The maximum absolute atomic E-state index is 12.0. The Labute approximate surface area is 163 Å². The molecule has 2 aromatic carbocycles. The van der Waals surface area contributed by atoms with E-state index in [0.29, 0.717) is 11.3 Å². The van der Waals surface area contributed by atoms with Gasteiger partial charge in [0.1, 0.15) is 5.75 Å². The molecule has 0 aliphatic heterocycles. The van der Waals surface area contributed by atoms with Crippen molar-refractivity contribution in [1.82, 2.24) is 5.43 Å². The summed E-state index contributed by atoms with van der Waals surface area (Å²) in [6.07, 6.45) is 2.91. The van der Waals surface area contributed by atoms with Gasteiger partial charge in [-0.1, -0.05) is 6.07 Å². The first-order valence-corrected chi connectivity index (χ1v) is 8.64. The van der Waals surface area contributed by atoms with Crippen LogP contribution in [0.1, 0.15) is 26.5 Å². The summed E-state index contributed by atoms with van der Waals surface area (Å²) in [5, 5.41) is 3.93. The van der Waals surface area contributed by atoms with E-state index in [1.54, 1.807) is 42.5 Å². The highest BCUT2D eigenvalue weighted by Crippen LogP contribution is 2.14. The highest BCUT2D eigenvalue weighted by atomic mass is 127. The molecule has 0 radical (unpaired) electrons. The highest BCUT2D eigenvalue weighted by molar-refractivity contribution is 14.1. The third-order valence-corrected chi connectivity index (χ3v) is 3.95. The number of nitrogens with one attached hydrogen (secondary N) is 1. The van der Waals surface area contributed by atoms with Crippen LogP contribution in [0.2, 0.25) is 0 Å². The molecule has 3 rings (SSSR count). The van der Waals surface area contributed by atoms with E-state index in [-0.39, 0.29) is 11.7 Å². The van der Waals surface area contributed by atoms with Crippen LogP contribution in [0, 0.1) is 3.57 Å². The summed E-state index contributed by atoms with van der Waals surface area (Å²) in [5.74, 6) is -0.342. The maximum Gasteiger partial charge on any atom is 0.379 e. The van der Waals surface area contributed by atoms with Gasteiger partial charge in [-0.3, -0.25) is 4.79 Å². The Hall–Kier alpha value is -2.94. The van der Waals surface area contributed by atoms with Crippen LogP contribution in [0.5, 0.6) is 5.75 Å². The number of benzene rings is 2. The summed E-state index contributed by atoms with van der Waals surface area (Å²) in [6, 6.07) is 17.0. The summed E-state index contributed by atoms with van der Waals surface area (Å²) in [6.45, 7) is 0. The number of furan rings is 1. The van der Waals surface area contributed by atoms with E-state index in [1.807, 2.05) is 12.1 Å². The molecule has 1 aromatic heterocycles. The fourth-order valence-electron chi connectivity index (χ4n) is 2.03. The smallest absolute Gasteiger partial charge is 0.379 e. The number of esters is 1. The molecule has 1 amide bonds. The molecule has 0 spiro atoms. The molecular weight excluding hydrogens is 447 g/mol. The normalized spacial score (nSPS) is 10.7. The molecule has 0 saturated carbocycles. The molecule has 0 atom stereocenters. The molecule has 130 valence electrons. The average molecular weight is 460 g/mol. The van der Waals surface area contributed by atoms with Gasteiger partial charge in [0.25, 0.3) is 5.91 Å². The van der Waals surface area contributed by atoms with E-state index in [9.17, 15) is 9.59 Å². The number of nitrogens with zero attached hydrogens (tertiary/aromatic N) is 1. The molecule has 1 N–H and O–H groups in total. The first-order chi connectivity index (χ1) is 12.6. The number of rotatable bonds is 5. The number of halogens is 1. The van der Waals surface area contributed by atoms with Gasteiger partial charge < -0.3 is 9.15 Å². The fraction of sp³-hybridized carbons (Fsp3) is 0. The molecular formula is C19H13IN2O4. The number of amides is 1. The fourth-order valence-corrected chi connectivity index (χ4v) is 2.58. The molecule has 7 heteroatoms. The van der Waals surface area contributed by atoms with Crippen molar-refractivity contribution in [3.63, 3.8) is 0 Å². The largest absolute Gasteiger partial charge is 0.457 e. The minimum Gasteiger partial charge on any atom is -0.457 e. The quantitative estimate of drug-likeness (QED) is 0.206. The van der Waals surface area contributed by atoms with Crippen molar-refractivity contribution >= 4 is 40.7 Å². The molecule has 26 heavy (non-hydrogen) atoms. The van der Waals surface area contributed by atoms with Crippen molar-refractivity contribution in [2.24, 2.45) is 5.10 Å². The predicted octanol–water partition coefficient (Wildman–Crippen LogP) is 3.87. The zero-order valence-corrected chi connectivity index (χ0v) is 15.5. The number of ether oxygens (including phenoxy) is 1. The first kappa shape index (κ1) is 17.9. The lowest BCUT2D eigenvalue weighted by molar-refractivity contribution is 0.0701. The van der Waals surface area contributed by atoms with Gasteiger partial charge in [-0.25, -0.2) is 10.2 Å². The van der Waals surface area contributed by atoms with E-state index in [1.165, 1.54) is 18.5 Å². The van der Waals surface area contributed by atoms with Gasteiger partial charge in [0.15, 0.2) is 0 Å². The van der Waals surface area contributed by atoms with Crippen molar-refractivity contribution in [2.45, 2.75) is 0 Å². The Morgan fingerprint density at radius 2 is 1.88 bits per heavy atom. The molecule has 0 bridgehead atoms. The molecule has 0 aliphatic carbocycles. The topological polar surface area (TPSA) is 80.9 Å². The van der Waals surface area contributed by atoms with E-state index in [0.717, 1.165) is 9.13 Å². The lowest BCUT2D eigenvalue weighted by Crippen LogP contribution is -2.17. The van der Waals surface area contributed by atoms with Crippen LogP contribution in [0.3, 0.4) is 0 Å². The molecule has 6 nitrogen and oxygen atoms in total. The third-order valence-electron chi connectivity index (χ3n) is 3.28. The van der Waals surface area contributed by atoms with Crippen LogP contribution < -0.4 is 10.2 Å². The van der Waals surface area contributed by atoms with E-state index in [4.69, 9.17) is 9.15 Å². The van der Waals surface area contributed by atoms with Gasteiger partial charge in [-0.2, -0.15) is 5.10 Å². The molecule has 0 unspecified atom stereocenters. The Bertz CT molecular complexity index is 934. The summed E-state index contributed by atoms with van der Waals surface area (Å²) in [5.41, 5.74) is 3.75. The van der Waals surface area contributed by atoms with Gasteiger partial charge in [0, 0.05) is 9.13 Å². The maximum atomic E-state index is 12.0. The van der Waals surface area contributed by atoms with Gasteiger partial charge in [-0.15, -0.1) is 0 Å². The summed E-state index contributed by atoms with van der Waals surface area (Å²) >= 11 is 2.14. The molecule has 0 saturated heterocycles. The Kier molecular flexibility index (Phi) is 5.80. The second-order valence-electron chi connectivity index (χ2n) is 5.15. The molecule has 1 heterocycles. The second-order valence-corrected chi connectivity index (χ2v) is 6.39. The van der Waals surface area contributed by atoms with E-state index < -0.39 is 5.97 Å². The van der Waals surface area contributed by atoms with Crippen LogP contribution in [0.15, 0.2) is 76.4 Å². The SMILES string of the molecule is O=C(N/N=C\c1ccc(OC(=O)c2ccco2)cc1)c1cccc(I)c1. The Morgan fingerprint density at radius 3 is 2.58 bits per heavy atom. The minimum atomic E-state index is -0.568. The van der Waals surface area contributed by atoms with Crippen LogP contribution in [-0.4, -0.2) is 18.1 Å². The van der Waals surface area contributed by atoms with Crippen LogP contribution in [0.25, 0.3) is 0 Å². The van der Waals surface area contributed by atoms with Crippen LogP contribution in [-0.2, 0) is 0 Å². The van der Waals surface area contributed by atoms with Crippen molar-refractivity contribution in [3.05, 3.63) is 87.4 Å². The van der Waals surface area contributed by atoms with Crippen molar-refractivity contribution < 1.29 is 18.7 Å². The van der Waals surface area contributed by atoms with E-state index >= 15 is 0 Å². The molecule has 0 aliphatic rings. The minimum absolute atomic E-state index is 0.133. The highest BCUT2D eigenvalue weighted by Gasteiger charge is 2.10. The number of carbonyl (C=O) groups excluding carboxylic acids is 2. The van der Waals surface area contributed by atoms with Crippen molar-refractivity contribution in [3.8, 4) is 5.75 Å². The van der Waals surface area contributed by atoms with Crippen LogP contribution in [0.4, 0.5) is 0 Å². The van der Waals surface area contributed by atoms with E-state index in [2.05, 4.69) is 33.1 Å². The number of hydrogen-bond acceptors (Lipinski definition) is 5. The van der Waals surface area contributed by atoms with Crippen LogP contribution >= 0.6 is 22.6 Å². The summed E-state index contributed by atoms with van der Waals surface area (Å²) in [7, 11) is 0. The standard InChI is InChI=1S/C19H13IN2O4/c20-15-4-1-3-14(11-15)18(23)22-21-12-13-6-8-16(9-7-13)26-19(24)17-5-2-10-25-17/h1-12H,(H,22,23)/b21-12-. The first-order valence-electron chi connectivity index (χ1n) is 7.56.